The number of halogens is 2. The number of nitrogens with one attached hydrogen (secondary N) is 1. The molecule has 1 aromatic carbocycles. The molecule has 8 nitrogen and oxygen atoms in total. The predicted molar refractivity (Wildman–Crippen MR) is 109 cm³/mol. The van der Waals surface area contributed by atoms with Gasteiger partial charge in [-0.15, -0.1) is 0 Å². The van der Waals surface area contributed by atoms with Crippen molar-refractivity contribution in [2.75, 3.05) is 11.9 Å². The number of hydrogen-bond donors (Lipinski definition) is 2. The SMILES string of the molecule is [2H]c1c([2H])c([2H])c(Cn2nc(-c3ncc(F)c(NCC(C)(C)O)n3)cc2-c2ccon2)c(F)c1[2H]. The van der Waals surface area contributed by atoms with E-state index in [-0.39, 0.29) is 36.0 Å². The monoisotopic (exact) mass is 430 g/mol. The van der Waals surface area contributed by atoms with Gasteiger partial charge in [-0.2, -0.15) is 5.10 Å². The topological polar surface area (TPSA) is 102 Å². The first-order valence-electron chi connectivity index (χ1n) is 11.2. The maximum atomic E-state index is 14.8. The highest BCUT2D eigenvalue weighted by molar-refractivity contribution is 5.63. The molecule has 0 amide bonds. The van der Waals surface area contributed by atoms with E-state index in [0.29, 0.717) is 11.4 Å². The molecule has 160 valence electrons. The molecule has 4 aromatic rings. The van der Waals surface area contributed by atoms with Crippen LogP contribution in [-0.2, 0) is 6.54 Å². The summed E-state index contributed by atoms with van der Waals surface area (Å²) in [5.74, 6) is -1.98. The van der Waals surface area contributed by atoms with Crippen LogP contribution in [0.25, 0.3) is 22.9 Å². The Kier molecular flexibility index (Phi) is 4.27. The molecule has 0 spiro atoms. The fourth-order valence-corrected chi connectivity index (χ4v) is 2.69. The largest absolute Gasteiger partial charge is 0.389 e. The van der Waals surface area contributed by atoms with Crippen molar-refractivity contribution in [2.45, 2.75) is 26.0 Å². The van der Waals surface area contributed by atoms with E-state index in [0.717, 1.165) is 6.20 Å². The molecular weight excluding hydrogens is 406 g/mol. The van der Waals surface area contributed by atoms with Gasteiger partial charge in [0.25, 0.3) is 0 Å². The highest BCUT2D eigenvalue weighted by Crippen LogP contribution is 2.26. The maximum Gasteiger partial charge on any atom is 0.183 e. The fourth-order valence-electron chi connectivity index (χ4n) is 2.69. The van der Waals surface area contributed by atoms with Crippen molar-refractivity contribution >= 4 is 5.82 Å². The number of hydrogen-bond acceptors (Lipinski definition) is 7. The summed E-state index contributed by atoms with van der Waals surface area (Å²) in [4.78, 5) is 8.11. The maximum absolute atomic E-state index is 14.8. The summed E-state index contributed by atoms with van der Waals surface area (Å²) in [6.07, 6.45) is 2.26. The normalized spacial score (nSPS) is 13.5. The van der Waals surface area contributed by atoms with Crippen LogP contribution in [0.15, 0.2) is 53.3 Å². The zero-order valence-electron chi connectivity index (χ0n) is 20.6. The van der Waals surface area contributed by atoms with E-state index in [1.807, 2.05) is 0 Å². The molecule has 2 N–H and O–H groups in total. The summed E-state index contributed by atoms with van der Waals surface area (Å²) >= 11 is 0. The molecular formula is C21H20F2N6O2. The van der Waals surface area contributed by atoms with Crippen LogP contribution in [0, 0.1) is 11.6 Å². The lowest BCUT2D eigenvalue weighted by Crippen LogP contribution is -2.30. The molecule has 10 heteroatoms. The second kappa shape index (κ2) is 8.23. The van der Waals surface area contributed by atoms with Crippen LogP contribution in [0.3, 0.4) is 0 Å². The van der Waals surface area contributed by atoms with Crippen LogP contribution >= 0.6 is 0 Å². The predicted octanol–water partition coefficient (Wildman–Crippen LogP) is 3.50. The van der Waals surface area contributed by atoms with Crippen molar-refractivity contribution in [3.8, 4) is 22.9 Å². The molecule has 0 aliphatic rings. The second-order valence-electron chi connectivity index (χ2n) is 7.31. The van der Waals surface area contributed by atoms with Crippen LogP contribution in [0.4, 0.5) is 14.6 Å². The van der Waals surface area contributed by atoms with Gasteiger partial charge in [0, 0.05) is 18.2 Å². The quantitative estimate of drug-likeness (QED) is 0.463. The summed E-state index contributed by atoms with van der Waals surface area (Å²) in [6.45, 7) is 2.74. The number of aromatic nitrogens is 5. The van der Waals surface area contributed by atoms with Crippen molar-refractivity contribution in [1.82, 2.24) is 24.9 Å². The minimum atomic E-state index is -1.13. The van der Waals surface area contributed by atoms with E-state index in [1.165, 1.54) is 23.1 Å². The summed E-state index contributed by atoms with van der Waals surface area (Å²) in [5, 5.41) is 20.8. The third-order valence-electron chi connectivity index (χ3n) is 4.16. The summed E-state index contributed by atoms with van der Waals surface area (Å²) in [7, 11) is 0. The molecule has 31 heavy (non-hydrogen) atoms. The first kappa shape index (κ1) is 16.1. The van der Waals surface area contributed by atoms with Crippen molar-refractivity contribution in [2.24, 2.45) is 0 Å². The van der Waals surface area contributed by atoms with Crippen LogP contribution in [0.2, 0.25) is 0 Å². The first-order valence-corrected chi connectivity index (χ1v) is 9.18. The Morgan fingerprint density at radius 2 is 2.03 bits per heavy atom. The Balaban J connectivity index is 1.78. The van der Waals surface area contributed by atoms with E-state index in [9.17, 15) is 13.9 Å². The molecule has 0 saturated carbocycles. The third kappa shape index (κ3) is 4.75. The average molecular weight is 430 g/mol. The molecule has 0 saturated heterocycles. The minimum Gasteiger partial charge on any atom is -0.389 e. The Bertz CT molecular complexity index is 1360. The fraction of sp³-hybridized carbons (Fsp3) is 0.238. The van der Waals surface area contributed by atoms with Crippen molar-refractivity contribution in [3.05, 3.63) is 66.0 Å². The lowest BCUT2D eigenvalue weighted by molar-refractivity contribution is 0.0943. The van der Waals surface area contributed by atoms with Gasteiger partial charge in [0.05, 0.1) is 29.5 Å². The molecule has 4 rings (SSSR count). The van der Waals surface area contributed by atoms with Gasteiger partial charge in [-0.05, 0) is 26.0 Å². The minimum absolute atomic E-state index is 0.0153. The standard InChI is InChI=1S/C21H20F2N6O2/c1-21(2,30)12-25-19-15(23)10-24-20(26-19)17-9-18(16-7-8-31-28-16)29(27-17)11-13-5-3-4-6-14(13)22/h3-10,30H,11-12H2,1-2H3,(H,24,25,26)/i3D,4D,5D,6D. The van der Waals surface area contributed by atoms with Gasteiger partial charge in [0.1, 0.15) is 23.5 Å². The summed E-state index contributed by atoms with van der Waals surface area (Å²) < 4.78 is 66.5. The second-order valence-corrected chi connectivity index (χ2v) is 7.31. The van der Waals surface area contributed by atoms with Gasteiger partial charge in [0.15, 0.2) is 17.5 Å². The van der Waals surface area contributed by atoms with Gasteiger partial charge >= 0.3 is 0 Å². The summed E-state index contributed by atoms with van der Waals surface area (Å²) in [5.41, 5.74) is -0.635. The third-order valence-corrected chi connectivity index (χ3v) is 4.16. The molecule has 0 bridgehead atoms. The van der Waals surface area contributed by atoms with E-state index in [4.69, 9.17) is 10.0 Å². The number of benzene rings is 1. The number of nitrogens with zero attached hydrogens (tertiary/aromatic N) is 5. The van der Waals surface area contributed by atoms with Gasteiger partial charge in [0.2, 0.25) is 0 Å². The average Bonchev–Trinajstić information content (AvgIpc) is 3.48. The van der Waals surface area contributed by atoms with E-state index >= 15 is 0 Å². The van der Waals surface area contributed by atoms with Crippen molar-refractivity contribution in [1.29, 1.82) is 0 Å². The highest BCUT2D eigenvalue weighted by atomic mass is 19.1. The summed E-state index contributed by atoms with van der Waals surface area (Å²) in [6, 6.07) is 0.444. The van der Waals surface area contributed by atoms with E-state index in [1.54, 1.807) is 13.8 Å². The smallest absolute Gasteiger partial charge is 0.183 e. The zero-order valence-corrected chi connectivity index (χ0v) is 16.6. The Morgan fingerprint density at radius 1 is 1.23 bits per heavy atom. The van der Waals surface area contributed by atoms with Crippen LogP contribution in [0.1, 0.15) is 24.9 Å². The highest BCUT2D eigenvalue weighted by Gasteiger charge is 2.19. The molecule has 0 aliphatic carbocycles. The van der Waals surface area contributed by atoms with Crippen LogP contribution < -0.4 is 5.32 Å². The van der Waals surface area contributed by atoms with Crippen LogP contribution in [0.5, 0.6) is 0 Å². The first-order chi connectivity index (χ1) is 16.5. The molecule has 3 heterocycles. The molecule has 0 fully saturated rings. The lowest BCUT2D eigenvalue weighted by atomic mass is 10.1. The lowest BCUT2D eigenvalue weighted by Gasteiger charge is -2.18. The van der Waals surface area contributed by atoms with Crippen molar-refractivity contribution in [3.63, 3.8) is 0 Å². The van der Waals surface area contributed by atoms with Gasteiger partial charge in [-0.1, -0.05) is 23.3 Å². The Labute approximate surface area is 182 Å². The number of anilines is 1. The molecule has 3 aromatic heterocycles. The Hall–Kier alpha value is -3.66. The van der Waals surface area contributed by atoms with Gasteiger partial charge in [-0.25, -0.2) is 18.7 Å². The van der Waals surface area contributed by atoms with E-state index in [2.05, 4.69) is 25.5 Å². The van der Waals surface area contributed by atoms with Gasteiger partial charge < -0.3 is 14.9 Å². The molecule has 0 aliphatic heterocycles. The zero-order chi connectivity index (χ0) is 25.5. The van der Waals surface area contributed by atoms with Crippen LogP contribution in [-0.4, -0.2) is 42.2 Å². The molecule has 0 atom stereocenters. The number of rotatable bonds is 7. The van der Waals surface area contributed by atoms with E-state index < -0.39 is 41.4 Å². The van der Waals surface area contributed by atoms with Gasteiger partial charge in [-0.3, -0.25) is 4.68 Å². The number of aliphatic hydroxyl groups is 1. The Morgan fingerprint density at radius 3 is 2.77 bits per heavy atom. The molecule has 0 unspecified atom stereocenters. The van der Waals surface area contributed by atoms with Crippen molar-refractivity contribution < 1.29 is 23.9 Å². The molecule has 0 radical (unpaired) electrons.